The van der Waals surface area contributed by atoms with Crippen LogP contribution in [0.5, 0.6) is 0 Å². The van der Waals surface area contributed by atoms with Crippen LogP contribution in [0.1, 0.15) is 78.1 Å². The Morgan fingerprint density at radius 3 is 2.63 bits per heavy atom. The predicted octanol–water partition coefficient (Wildman–Crippen LogP) is 2.17. The van der Waals surface area contributed by atoms with E-state index >= 15 is 0 Å². The van der Waals surface area contributed by atoms with Crippen LogP contribution in [0.15, 0.2) is 16.6 Å². The summed E-state index contributed by atoms with van der Waals surface area (Å²) in [4.78, 5) is 16.4. The minimum Gasteiger partial charge on any atom is -0.458 e. The van der Waals surface area contributed by atoms with Crippen molar-refractivity contribution in [2.75, 3.05) is 13.2 Å². The van der Waals surface area contributed by atoms with Gasteiger partial charge in [0.1, 0.15) is 19.3 Å². The van der Waals surface area contributed by atoms with Gasteiger partial charge in [-0.3, -0.25) is 4.99 Å². The third-order valence-electron chi connectivity index (χ3n) is 12.1. The van der Waals surface area contributed by atoms with Crippen LogP contribution in [-0.4, -0.2) is 87.7 Å². The van der Waals surface area contributed by atoms with Crippen LogP contribution in [0.4, 0.5) is 0 Å². The highest BCUT2D eigenvalue weighted by Crippen LogP contribution is 2.70. The van der Waals surface area contributed by atoms with E-state index < -0.39 is 46.6 Å². The first-order valence-corrected chi connectivity index (χ1v) is 15.3. The Morgan fingerprint density at radius 1 is 1.15 bits per heavy atom. The number of aliphatic hydroxyl groups is 4. The van der Waals surface area contributed by atoms with E-state index in [1.165, 1.54) is 0 Å². The number of fused-ring (bicyclic) bond motifs is 5. The number of esters is 1. The molecule has 41 heavy (non-hydrogen) atoms. The highest BCUT2D eigenvalue weighted by atomic mass is 16.7. The maximum Gasteiger partial charge on any atom is 0.331 e. The molecule has 0 amide bonds. The maximum absolute atomic E-state index is 12.5. The number of nitriles is 1. The highest BCUT2D eigenvalue weighted by molar-refractivity contribution is 5.85. The first kappa shape index (κ1) is 29.2. The van der Waals surface area contributed by atoms with Crippen molar-refractivity contribution in [1.29, 1.82) is 5.26 Å². The molecule has 226 valence electrons. The second-order valence-corrected chi connectivity index (χ2v) is 13.8. The molecule has 12 atom stereocenters. The van der Waals surface area contributed by atoms with Gasteiger partial charge >= 0.3 is 5.97 Å². The topological polar surface area (TPSA) is 162 Å². The van der Waals surface area contributed by atoms with Crippen LogP contribution in [0.25, 0.3) is 0 Å². The molecular formula is C31H44N2O8. The summed E-state index contributed by atoms with van der Waals surface area (Å²) in [5.74, 6) is -0.282. The lowest BCUT2D eigenvalue weighted by atomic mass is 9.41. The average Bonchev–Trinajstić information content (AvgIpc) is 3.47. The van der Waals surface area contributed by atoms with Crippen LogP contribution >= 0.6 is 0 Å². The zero-order valence-corrected chi connectivity index (χ0v) is 24.1. The van der Waals surface area contributed by atoms with E-state index in [1.54, 1.807) is 13.0 Å². The molecule has 0 aromatic heterocycles. The maximum atomic E-state index is 12.5. The van der Waals surface area contributed by atoms with Gasteiger partial charge in [-0.1, -0.05) is 6.92 Å². The fourth-order valence-electron chi connectivity index (χ4n) is 10.0. The van der Waals surface area contributed by atoms with Gasteiger partial charge in [-0.05, 0) is 81.6 Å². The fourth-order valence-corrected chi connectivity index (χ4v) is 10.0. The number of nitrogens with zero attached hydrogens (tertiary/aromatic N) is 2. The summed E-state index contributed by atoms with van der Waals surface area (Å²) in [5, 5.41) is 54.5. The Bertz CT molecular complexity index is 1140. The number of aliphatic imine (C=N–C) groups is 1. The molecule has 10 nitrogen and oxygen atoms in total. The lowest BCUT2D eigenvalue weighted by molar-refractivity contribution is -0.282. The first-order valence-electron chi connectivity index (χ1n) is 15.3. The van der Waals surface area contributed by atoms with Gasteiger partial charge in [0.2, 0.25) is 0 Å². The molecule has 6 aliphatic rings. The Labute approximate surface area is 241 Å². The van der Waals surface area contributed by atoms with E-state index in [0.717, 1.165) is 24.8 Å². The molecular weight excluding hydrogens is 528 g/mol. The van der Waals surface area contributed by atoms with Gasteiger partial charge in [0.15, 0.2) is 6.29 Å². The molecule has 0 spiro atoms. The Kier molecular flexibility index (Phi) is 7.40. The van der Waals surface area contributed by atoms with Crippen molar-refractivity contribution in [1.82, 2.24) is 0 Å². The van der Waals surface area contributed by atoms with Gasteiger partial charge in [0.25, 0.3) is 0 Å². The molecule has 2 heterocycles. The number of carbonyl (C=O) groups excluding carboxylic acids is 1. The van der Waals surface area contributed by atoms with Crippen molar-refractivity contribution in [3.8, 4) is 6.07 Å². The number of rotatable bonds is 5. The fraction of sp³-hybridized carbons (Fsp3) is 0.839. The number of aliphatic hydroxyl groups excluding tert-OH is 2. The Balaban J connectivity index is 1.26. The van der Waals surface area contributed by atoms with Crippen molar-refractivity contribution in [3.05, 3.63) is 11.6 Å². The third-order valence-corrected chi connectivity index (χ3v) is 12.1. The minimum absolute atomic E-state index is 0.00933. The molecule has 0 radical (unpaired) electrons. The molecule has 6 rings (SSSR count). The lowest BCUT2D eigenvalue weighted by Crippen LogP contribution is -2.69. The number of hydrogen-bond donors (Lipinski definition) is 4. The number of cyclic esters (lactones) is 1. The Hall–Kier alpha value is -1.87. The van der Waals surface area contributed by atoms with Gasteiger partial charge in [-0.2, -0.15) is 5.26 Å². The third kappa shape index (κ3) is 4.42. The van der Waals surface area contributed by atoms with Crippen molar-refractivity contribution >= 4 is 12.2 Å². The normalized spacial score (nSPS) is 51.3. The van der Waals surface area contributed by atoms with E-state index in [0.29, 0.717) is 45.1 Å². The van der Waals surface area contributed by atoms with E-state index in [-0.39, 0.29) is 42.8 Å². The van der Waals surface area contributed by atoms with Gasteiger partial charge < -0.3 is 34.6 Å². The number of hydrogen-bond acceptors (Lipinski definition) is 10. The lowest BCUT2D eigenvalue weighted by Gasteiger charge is -2.66. The minimum atomic E-state index is -1.13. The summed E-state index contributed by atoms with van der Waals surface area (Å²) in [7, 11) is 0. The molecule has 0 unspecified atom stereocenters. The molecule has 5 fully saturated rings. The van der Waals surface area contributed by atoms with Crippen molar-refractivity contribution in [2.45, 2.75) is 120 Å². The molecule has 0 aromatic rings. The summed E-state index contributed by atoms with van der Waals surface area (Å²) in [6.07, 6.45) is 5.97. The summed E-state index contributed by atoms with van der Waals surface area (Å²) in [5.41, 5.74) is -2.19. The second-order valence-electron chi connectivity index (χ2n) is 13.8. The summed E-state index contributed by atoms with van der Waals surface area (Å²) < 4.78 is 17.3. The van der Waals surface area contributed by atoms with E-state index in [1.807, 2.05) is 6.21 Å². The van der Waals surface area contributed by atoms with Gasteiger partial charge in [0.05, 0.1) is 35.6 Å². The standard InChI is InChI=1S/C31H44N2O8/c1-18-27(36)24(34)14-26(40-18)41-20-3-8-29(17-33-12-11-32)22-4-7-28(2)21(19-13-25(35)39-16-19)6-10-31(28,38)23(22)5-9-30(29,37)15-20/h13,17-18,20-24,26-27,34,36-38H,3-10,12,14-16H2,1-2H3/t18-,20+,21-,22+,23-,24-,26+,27-,28-,29+,30+,31+/m1/s1. The van der Waals surface area contributed by atoms with Crippen LogP contribution < -0.4 is 0 Å². The van der Waals surface area contributed by atoms with Gasteiger partial charge in [-0.25, -0.2) is 4.79 Å². The molecule has 0 aromatic carbocycles. The molecule has 4 N–H and O–H groups in total. The second kappa shape index (κ2) is 10.4. The van der Waals surface area contributed by atoms with Crippen LogP contribution in [-0.2, 0) is 19.0 Å². The molecule has 1 saturated heterocycles. The highest BCUT2D eigenvalue weighted by Gasteiger charge is 2.71. The van der Waals surface area contributed by atoms with Crippen molar-refractivity contribution in [3.63, 3.8) is 0 Å². The largest absolute Gasteiger partial charge is 0.458 e. The monoisotopic (exact) mass is 572 g/mol. The quantitative estimate of drug-likeness (QED) is 0.167. The summed E-state index contributed by atoms with van der Waals surface area (Å²) >= 11 is 0. The van der Waals surface area contributed by atoms with Crippen molar-refractivity contribution in [2.24, 2.45) is 33.6 Å². The smallest absolute Gasteiger partial charge is 0.331 e. The summed E-state index contributed by atoms with van der Waals surface area (Å²) in [6, 6.07) is 2.09. The molecule has 2 aliphatic heterocycles. The van der Waals surface area contributed by atoms with Gasteiger partial charge in [0, 0.05) is 36.0 Å². The van der Waals surface area contributed by atoms with E-state index in [9.17, 15) is 30.5 Å². The SMILES string of the molecule is C[C@H]1O[C@@H](O[C@H]2CC[C@]3(C=NCC#N)[C@H]4CC[C@]5(C)[C@@H](C6=CC(=O)OC6)CC[C@]5(O)[C@@H]4CC[C@]3(O)C2)C[C@@H](O)[C@@H]1O. The van der Waals surface area contributed by atoms with Crippen LogP contribution in [0.3, 0.4) is 0 Å². The summed E-state index contributed by atoms with van der Waals surface area (Å²) in [6.45, 7) is 4.19. The molecule has 4 aliphatic carbocycles. The van der Waals surface area contributed by atoms with Crippen molar-refractivity contribution < 1.29 is 39.4 Å². The number of ether oxygens (including phenoxy) is 3. The zero-order valence-electron chi connectivity index (χ0n) is 24.1. The van der Waals surface area contributed by atoms with Gasteiger partial charge in [-0.15, -0.1) is 0 Å². The van der Waals surface area contributed by atoms with E-state index in [4.69, 9.17) is 14.2 Å². The predicted molar refractivity (Wildman–Crippen MR) is 146 cm³/mol. The van der Waals surface area contributed by atoms with E-state index in [2.05, 4.69) is 18.0 Å². The van der Waals surface area contributed by atoms with Crippen LogP contribution in [0.2, 0.25) is 0 Å². The van der Waals surface area contributed by atoms with Crippen LogP contribution in [0, 0.1) is 39.9 Å². The molecule has 4 saturated carbocycles. The molecule has 10 heteroatoms. The number of carbonyl (C=O) groups is 1. The Morgan fingerprint density at radius 2 is 1.93 bits per heavy atom. The molecule has 0 bridgehead atoms. The zero-order chi connectivity index (χ0) is 29.2. The average molecular weight is 573 g/mol. The first-order chi connectivity index (χ1) is 19.5.